The molecule has 0 N–H and O–H groups in total. The summed E-state index contributed by atoms with van der Waals surface area (Å²) in [6, 6.07) is 0. The highest BCUT2D eigenvalue weighted by Gasteiger charge is 2.38. The van der Waals surface area contributed by atoms with Crippen molar-refractivity contribution >= 4 is 22.6 Å². The second-order valence-electron chi connectivity index (χ2n) is 2.65. The quantitative estimate of drug-likeness (QED) is 0.542. The first-order valence-corrected chi connectivity index (χ1v) is 4.66. The van der Waals surface area contributed by atoms with Gasteiger partial charge in [0.05, 0.1) is 6.42 Å². The van der Waals surface area contributed by atoms with Crippen molar-refractivity contribution in [1.29, 1.82) is 0 Å². The zero-order valence-electron chi connectivity index (χ0n) is 6.63. The minimum atomic E-state index is -4.02. The largest absolute Gasteiger partial charge is 0.390 e. The maximum atomic E-state index is 11.9. The van der Waals surface area contributed by atoms with Gasteiger partial charge in [-0.05, 0) is 12.8 Å². The first-order chi connectivity index (χ1) is 4.83. The molecule has 0 aliphatic heterocycles. The molecule has 4 heteroatoms. The fraction of sp³-hybridized carbons (Fsp3) is 1.00. The highest BCUT2D eigenvalue weighted by atomic mass is 127. The third-order valence-corrected chi connectivity index (χ3v) is 3.69. The molecule has 0 aromatic heterocycles. The summed E-state index contributed by atoms with van der Waals surface area (Å²) in [7, 11) is 0. The Morgan fingerprint density at radius 2 is 1.45 bits per heavy atom. The van der Waals surface area contributed by atoms with Crippen LogP contribution in [0.3, 0.4) is 0 Å². The summed E-state index contributed by atoms with van der Waals surface area (Å²) in [6.07, 6.45) is -3.55. The second-order valence-corrected chi connectivity index (χ2v) is 4.94. The van der Waals surface area contributed by atoms with Crippen LogP contribution in [-0.4, -0.2) is 9.60 Å². The third kappa shape index (κ3) is 4.87. The summed E-state index contributed by atoms with van der Waals surface area (Å²) in [5.74, 6) is 0. The van der Waals surface area contributed by atoms with Crippen molar-refractivity contribution in [2.24, 2.45) is 0 Å². The minimum absolute atomic E-state index is 0.573. The molecule has 0 spiro atoms. The lowest BCUT2D eigenvalue weighted by Crippen LogP contribution is -2.26. The van der Waals surface area contributed by atoms with E-state index in [0.717, 1.165) is 0 Å². The van der Waals surface area contributed by atoms with Gasteiger partial charge in [0.15, 0.2) is 0 Å². The molecule has 0 aliphatic carbocycles. The van der Waals surface area contributed by atoms with Crippen LogP contribution in [0.2, 0.25) is 0 Å². The number of rotatable bonds is 3. The summed E-state index contributed by atoms with van der Waals surface area (Å²) >= 11 is 1.91. The van der Waals surface area contributed by atoms with Crippen LogP contribution in [-0.2, 0) is 0 Å². The fourth-order valence-corrected chi connectivity index (χ4v) is 1.29. The molecule has 0 amide bonds. The van der Waals surface area contributed by atoms with Crippen LogP contribution >= 0.6 is 22.6 Å². The van der Waals surface area contributed by atoms with Crippen LogP contribution in [0.5, 0.6) is 0 Å². The maximum Gasteiger partial charge on any atom is 0.390 e. The minimum Gasteiger partial charge on any atom is -0.171 e. The number of hydrogen-bond donors (Lipinski definition) is 0. The summed E-state index contributed by atoms with van der Waals surface area (Å²) in [6.45, 7) is 3.59. The summed E-state index contributed by atoms with van der Waals surface area (Å²) in [5.41, 5.74) is 0. The summed E-state index contributed by atoms with van der Waals surface area (Å²) < 4.78 is 35.2. The predicted molar refractivity (Wildman–Crippen MR) is 48.0 cm³/mol. The van der Waals surface area contributed by atoms with Crippen molar-refractivity contribution in [1.82, 2.24) is 0 Å². The normalized spacial score (nSPS) is 13.6. The molecule has 11 heavy (non-hydrogen) atoms. The Kier molecular flexibility index (Phi) is 4.15. The van der Waals surface area contributed by atoms with Gasteiger partial charge in [-0.2, -0.15) is 13.2 Å². The fourth-order valence-electron chi connectivity index (χ4n) is 0.859. The van der Waals surface area contributed by atoms with E-state index < -0.39 is 16.0 Å². The highest BCUT2D eigenvalue weighted by molar-refractivity contribution is 14.1. The Morgan fingerprint density at radius 1 is 1.09 bits per heavy atom. The summed E-state index contributed by atoms with van der Waals surface area (Å²) in [4.78, 5) is 0. The zero-order valence-corrected chi connectivity index (χ0v) is 8.79. The molecule has 68 valence electrons. The van der Waals surface area contributed by atoms with Gasteiger partial charge in [0.25, 0.3) is 0 Å². The average Bonchev–Trinajstić information content (AvgIpc) is 1.84. The van der Waals surface area contributed by atoms with Crippen molar-refractivity contribution < 1.29 is 13.2 Å². The second kappa shape index (κ2) is 3.96. The van der Waals surface area contributed by atoms with E-state index in [2.05, 4.69) is 0 Å². The van der Waals surface area contributed by atoms with Crippen molar-refractivity contribution in [3.8, 4) is 0 Å². The van der Waals surface area contributed by atoms with Crippen LogP contribution in [0.4, 0.5) is 13.2 Å². The van der Waals surface area contributed by atoms with E-state index in [9.17, 15) is 13.2 Å². The lowest BCUT2D eigenvalue weighted by atomic mass is 9.99. The standard InChI is InChI=1S/C7H12F3I/c1-3-6(11,4-2)5-7(8,9)10/h3-5H2,1-2H3. The lowest BCUT2D eigenvalue weighted by Gasteiger charge is -2.25. The molecule has 0 bridgehead atoms. The number of halogens is 4. The SMILES string of the molecule is CCC(I)(CC)CC(F)(F)F. The number of hydrogen-bond acceptors (Lipinski definition) is 0. The van der Waals surface area contributed by atoms with E-state index in [1.807, 2.05) is 22.6 Å². The monoisotopic (exact) mass is 280 g/mol. The molecule has 0 nitrogen and oxygen atoms in total. The van der Waals surface area contributed by atoms with Crippen LogP contribution in [0.25, 0.3) is 0 Å². The van der Waals surface area contributed by atoms with Crippen LogP contribution in [0.1, 0.15) is 33.1 Å². The molecular formula is C7H12F3I. The van der Waals surface area contributed by atoms with Crippen molar-refractivity contribution in [3.63, 3.8) is 0 Å². The molecule has 0 rings (SSSR count). The Bertz CT molecular complexity index is 115. The van der Waals surface area contributed by atoms with Gasteiger partial charge in [-0.25, -0.2) is 0 Å². The third-order valence-electron chi connectivity index (χ3n) is 1.78. The van der Waals surface area contributed by atoms with Crippen LogP contribution in [0, 0.1) is 0 Å². The van der Waals surface area contributed by atoms with Gasteiger partial charge in [0, 0.05) is 3.42 Å². The van der Waals surface area contributed by atoms with Gasteiger partial charge >= 0.3 is 6.18 Å². The highest BCUT2D eigenvalue weighted by Crippen LogP contribution is 2.38. The molecule has 0 aliphatic rings. The smallest absolute Gasteiger partial charge is 0.171 e. The van der Waals surface area contributed by atoms with E-state index in [0.29, 0.717) is 12.8 Å². The predicted octanol–water partition coefficient (Wildman–Crippen LogP) is 3.93. The van der Waals surface area contributed by atoms with Crippen LogP contribution in [0.15, 0.2) is 0 Å². The van der Waals surface area contributed by atoms with Gasteiger partial charge in [-0.3, -0.25) is 0 Å². The molecule has 0 fully saturated rings. The van der Waals surface area contributed by atoms with E-state index >= 15 is 0 Å². The maximum absolute atomic E-state index is 11.9. The summed E-state index contributed by atoms with van der Waals surface area (Å²) in [5, 5.41) is 0. The van der Waals surface area contributed by atoms with E-state index in [1.54, 1.807) is 13.8 Å². The van der Waals surface area contributed by atoms with E-state index in [1.165, 1.54) is 0 Å². The van der Waals surface area contributed by atoms with Crippen molar-refractivity contribution in [3.05, 3.63) is 0 Å². The Balaban J connectivity index is 4.08. The van der Waals surface area contributed by atoms with Gasteiger partial charge < -0.3 is 0 Å². The molecule has 0 aromatic rings. The van der Waals surface area contributed by atoms with Crippen molar-refractivity contribution in [2.75, 3.05) is 0 Å². The van der Waals surface area contributed by atoms with E-state index in [-0.39, 0.29) is 0 Å². The molecule has 0 radical (unpaired) electrons. The number of alkyl halides is 4. The van der Waals surface area contributed by atoms with Gasteiger partial charge in [0.1, 0.15) is 0 Å². The Hall–Kier alpha value is 0.520. The Morgan fingerprint density at radius 3 is 1.55 bits per heavy atom. The molecule has 0 saturated heterocycles. The molecule has 0 aromatic carbocycles. The molecule has 0 atom stereocenters. The zero-order chi connectivity index (χ0) is 9.12. The first-order valence-electron chi connectivity index (χ1n) is 3.58. The van der Waals surface area contributed by atoms with Gasteiger partial charge in [-0.15, -0.1) is 0 Å². The molecule has 0 saturated carbocycles. The van der Waals surface area contributed by atoms with Gasteiger partial charge in [-0.1, -0.05) is 36.4 Å². The average molecular weight is 280 g/mol. The molecule has 0 heterocycles. The van der Waals surface area contributed by atoms with Crippen molar-refractivity contribution in [2.45, 2.75) is 42.7 Å². The Labute approximate surface area is 78.7 Å². The van der Waals surface area contributed by atoms with Crippen LogP contribution < -0.4 is 0 Å². The topological polar surface area (TPSA) is 0 Å². The molecular weight excluding hydrogens is 268 g/mol. The first kappa shape index (κ1) is 11.5. The molecule has 0 unspecified atom stereocenters. The van der Waals surface area contributed by atoms with E-state index in [4.69, 9.17) is 0 Å². The lowest BCUT2D eigenvalue weighted by molar-refractivity contribution is -0.139. The van der Waals surface area contributed by atoms with Gasteiger partial charge in [0.2, 0.25) is 0 Å².